The average Bonchev–Trinajstić information content (AvgIpc) is 3.24. The molecule has 0 saturated carbocycles. The normalized spacial score (nSPS) is 21.0. The van der Waals surface area contributed by atoms with Gasteiger partial charge in [0.05, 0.1) is 11.2 Å². The predicted octanol–water partition coefficient (Wildman–Crippen LogP) is 2.35. The van der Waals surface area contributed by atoms with E-state index >= 15 is 0 Å². The van der Waals surface area contributed by atoms with Gasteiger partial charge in [0.1, 0.15) is 6.33 Å². The molecule has 7 nitrogen and oxygen atoms in total. The Morgan fingerprint density at radius 2 is 2.03 bits per heavy atom. The fourth-order valence-corrected chi connectivity index (χ4v) is 5.50. The lowest BCUT2D eigenvalue weighted by Gasteiger charge is -2.43. The van der Waals surface area contributed by atoms with Gasteiger partial charge in [0.2, 0.25) is 0 Å². The maximum absolute atomic E-state index is 13.2. The van der Waals surface area contributed by atoms with Crippen molar-refractivity contribution in [3.63, 3.8) is 0 Å². The first-order valence-electron chi connectivity index (χ1n) is 10.4. The van der Waals surface area contributed by atoms with Crippen molar-refractivity contribution in [2.45, 2.75) is 38.5 Å². The van der Waals surface area contributed by atoms with E-state index in [0.717, 1.165) is 49.5 Å². The van der Waals surface area contributed by atoms with Crippen LogP contribution >= 0.6 is 11.3 Å². The van der Waals surface area contributed by atoms with Crippen molar-refractivity contribution < 1.29 is 0 Å². The lowest BCUT2D eigenvalue weighted by atomic mass is 9.83. The Morgan fingerprint density at radius 3 is 2.83 bits per heavy atom. The van der Waals surface area contributed by atoms with Crippen LogP contribution in [-0.2, 0) is 26.2 Å². The van der Waals surface area contributed by atoms with Gasteiger partial charge in [-0.1, -0.05) is 6.07 Å². The molecule has 8 heteroatoms. The van der Waals surface area contributed by atoms with Crippen LogP contribution in [0.15, 0.2) is 46.5 Å². The van der Waals surface area contributed by atoms with Crippen molar-refractivity contribution in [1.29, 1.82) is 0 Å². The molecule has 156 valence electrons. The molecule has 1 saturated heterocycles. The Balaban J connectivity index is 1.31. The highest BCUT2D eigenvalue weighted by atomic mass is 32.1. The van der Waals surface area contributed by atoms with Crippen LogP contribution < -0.4 is 5.56 Å². The molecule has 0 spiro atoms. The summed E-state index contributed by atoms with van der Waals surface area (Å²) in [6.45, 7) is 5.09. The highest BCUT2D eigenvalue weighted by Crippen LogP contribution is 2.35. The largest absolute Gasteiger partial charge is 0.312 e. The quantitative estimate of drug-likeness (QED) is 0.608. The number of pyridine rings is 1. The molecule has 5 heterocycles. The van der Waals surface area contributed by atoms with Crippen molar-refractivity contribution >= 4 is 11.3 Å². The second kappa shape index (κ2) is 8.37. The van der Waals surface area contributed by atoms with Crippen molar-refractivity contribution in [3.05, 3.63) is 74.6 Å². The van der Waals surface area contributed by atoms with Crippen LogP contribution in [0.3, 0.4) is 0 Å². The van der Waals surface area contributed by atoms with E-state index in [0.29, 0.717) is 18.4 Å². The number of aromatic nitrogens is 4. The summed E-state index contributed by atoms with van der Waals surface area (Å²) in [5, 5.41) is 2.06. The van der Waals surface area contributed by atoms with Gasteiger partial charge in [0, 0.05) is 79.8 Å². The van der Waals surface area contributed by atoms with E-state index in [1.165, 1.54) is 12.1 Å². The van der Waals surface area contributed by atoms with Gasteiger partial charge in [0.25, 0.3) is 5.56 Å². The number of hydrogen-bond donors (Lipinski definition) is 0. The first-order chi connectivity index (χ1) is 14.7. The zero-order valence-electron chi connectivity index (χ0n) is 17.1. The minimum absolute atomic E-state index is 0.178. The fourth-order valence-electron chi connectivity index (χ4n) is 4.95. The number of piperidine rings is 1. The summed E-state index contributed by atoms with van der Waals surface area (Å²) in [5.74, 6) is 0.929. The van der Waals surface area contributed by atoms with E-state index < -0.39 is 0 Å². The van der Waals surface area contributed by atoms with E-state index in [4.69, 9.17) is 0 Å². The van der Waals surface area contributed by atoms with E-state index in [1.807, 2.05) is 35.6 Å². The summed E-state index contributed by atoms with van der Waals surface area (Å²) >= 11 is 1.60. The molecule has 0 aromatic carbocycles. The van der Waals surface area contributed by atoms with Gasteiger partial charge >= 0.3 is 0 Å². The highest BCUT2D eigenvalue weighted by Gasteiger charge is 2.34. The lowest BCUT2D eigenvalue weighted by Crippen LogP contribution is -2.47. The van der Waals surface area contributed by atoms with Crippen LogP contribution in [0.1, 0.15) is 34.9 Å². The molecule has 0 amide bonds. The molecule has 0 N–H and O–H groups in total. The van der Waals surface area contributed by atoms with Crippen LogP contribution in [-0.4, -0.2) is 49.5 Å². The van der Waals surface area contributed by atoms with Crippen molar-refractivity contribution in [2.24, 2.45) is 5.92 Å². The number of nitrogens with zero attached hydrogens (tertiary/aromatic N) is 6. The Kier molecular flexibility index (Phi) is 5.45. The van der Waals surface area contributed by atoms with Gasteiger partial charge in [-0.25, -0.2) is 15.0 Å². The molecule has 2 aliphatic heterocycles. The third-order valence-corrected chi connectivity index (χ3v) is 6.77. The number of likely N-dealkylation sites (tertiary alicyclic amines) is 1. The molecule has 2 bridgehead atoms. The summed E-state index contributed by atoms with van der Waals surface area (Å²) in [6, 6.07) is 4.22. The third-order valence-electron chi connectivity index (χ3n) is 6.13. The molecule has 0 radical (unpaired) electrons. The molecule has 3 aromatic heterocycles. The van der Waals surface area contributed by atoms with Gasteiger partial charge in [-0.15, -0.1) is 11.3 Å². The second-order valence-corrected chi connectivity index (χ2v) is 9.31. The van der Waals surface area contributed by atoms with E-state index in [1.54, 1.807) is 17.7 Å². The number of fused-ring (bicyclic) bond motifs is 4. The lowest BCUT2D eigenvalue weighted by molar-refractivity contribution is 0.114. The second-order valence-electron chi connectivity index (χ2n) is 8.59. The van der Waals surface area contributed by atoms with E-state index in [-0.39, 0.29) is 5.56 Å². The first-order valence-corrected chi connectivity index (χ1v) is 11.3. The monoisotopic (exact) mass is 422 g/mol. The summed E-state index contributed by atoms with van der Waals surface area (Å²) in [7, 11) is 2.04. The van der Waals surface area contributed by atoms with Crippen molar-refractivity contribution in [1.82, 2.24) is 29.3 Å². The summed E-state index contributed by atoms with van der Waals surface area (Å²) in [4.78, 5) is 30.5. The topological polar surface area (TPSA) is 67.2 Å². The molecule has 2 aliphatic rings. The van der Waals surface area contributed by atoms with Crippen LogP contribution in [0, 0.1) is 5.92 Å². The minimum Gasteiger partial charge on any atom is -0.312 e. The van der Waals surface area contributed by atoms with Crippen LogP contribution in [0.2, 0.25) is 0 Å². The first kappa shape index (κ1) is 19.5. The maximum Gasteiger partial charge on any atom is 0.255 e. The molecular weight excluding hydrogens is 396 g/mol. The molecule has 30 heavy (non-hydrogen) atoms. The van der Waals surface area contributed by atoms with Gasteiger partial charge < -0.3 is 4.57 Å². The van der Waals surface area contributed by atoms with Crippen molar-refractivity contribution in [2.75, 3.05) is 20.1 Å². The summed E-state index contributed by atoms with van der Waals surface area (Å²) in [5.41, 5.74) is 6.29. The number of rotatable bonds is 6. The Labute approximate surface area is 180 Å². The molecule has 5 rings (SSSR count). The molecular formula is C22H26N6OS. The average molecular weight is 423 g/mol. The molecule has 0 unspecified atom stereocenters. The van der Waals surface area contributed by atoms with E-state index in [2.05, 4.69) is 36.2 Å². The zero-order valence-corrected chi connectivity index (χ0v) is 18.0. The molecule has 3 aromatic rings. The Morgan fingerprint density at radius 1 is 1.17 bits per heavy atom. The highest BCUT2D eigenvalue weighted by molar-refractivity contribution is 7.07. The SMILES string of the molecule is CN(Cc1cscn1)Cc1ccc2n(c1=O)C[C@H]1C[C@@H]2CN(Cc2cncnc2)C1. The number of thiazole rings is 1. The Bertz CT molecular complexity index is 1050. The van der Waals surface area contributed by atoms with Crippen LogP contribution in [0.25, 0.3) is 0 Å². The smallest absolute Gasteiger partial charge is 0.255 e. The number of hydrogen-bond acceptors (Lipinski definition) is 7. The van der Waals surface area contributed by atoms with Gasteiger partial charge in [-0.05, 0) is 25.5 Å². The molecule has 1 fully saturated rings. The third kappa shape index (κ3) is 4.08. The summed E-state index contributed by atoms with van der Waals surface area (Å²) in [6.07, 6.45) is 6.53. The van der Waals surface area contributed by atoms with E-state index in [9.17, 15) is 4.79 Å². The van der Waals surface area contributed by atoms with Crippen LogP contribution in [0.5, 0.6) is 0 Å². The molecule has 0 aliphatic carbocycles. The fraction of sp³-hybridized carbons (Fsp3) is 0.455. The Hall–Kier alpha value is -2.42. The standard InChI is InChI=1S/C22H26N6OS/c1-26(12-20-13-30-15-25-20)10-18-2-3-21-19-4-16(9-28(21)22(18)29)7-27(11-19)8-17-5-23-14-24-6-17/h2-3,5-6,13-16,19H,4,7-12H2,1H3/t16-,19+/m0/s1. The van der Waals surface area contributed by atoms with Gasteiger partial charge in [0.15, 0.2) is 0 Å². The van der Waals surface area contributed by atoms with Gasteiger partial charge in [-0.2, -0.15) is 0 Å². The maximum atomic E-state index is 13.2. The minimum atomic E-state index is 0.178. The summed E-state index contributed by atoms with van der Waals surface area (Å²) < 4.78 is 2.05. The van der Waals surface area contributed by atoms with Crippen molar-refractivity contribution in [3.8, 4) is 0 Å². The van der Waals surface area contributed by atoms with Gasteiger partial charge in [-0.3, -0.25) is 14.6 Å². The van der Waals surface area contributed by atoms with Crippen LogP contribution in [0.4, 0.5) is 0 Å². The zero-order chi connectivity index (χ0) is 20.5. The molecule has 2 atom stereocenters. The predicted molar refractivity (Wildman–Crippen MR) is 116 cm³/mol.